The van der Waals surface area contributed by atoms with Crippen LogP contribution < -0.4 is 4.74 Å². The summed E-state index contributed by atoms with van der Waals surface area (Å²) in [5, 5.41) is 6.88. The number of aromatic nitrogens is 4. The van der Waals surface area contributed by atoms with Gasteiger partial charge in [0.1, 0.15) is 5.82 Å². The molecule has 0 spiro atoms. The second kappa shape index (κ2) is 5.00. The predicted octanol–water partition coefficient (Wildman–Crippen LogP) is 2.90. The zero-order valence-corrected chi connectivity index (χ0v) is 10.1. The Morgan fingerprint density at radius 1 is 1.10 bits per heavy atom. The van der Waals surface area contributed by atoms with Gasteiger partial charge in [-0.2, -0.15) is 13.9 Å². The molecule has 5 nitrogen and oxygen atoms in total. The van der Waals surface area contributed by atoms with Crippen molar-refractivity contribution >= 4 is 11.0 Å². The minimum Gasteiger partial charge on any atom is -0.415 e. The van der Waals surface area contributed by atoms with E-state index >= 15 is 0 Å². The highest BCUT2D eigenvalue weighted by Crippen LogP contribution is 2.24. The average Bonchev–Trinajstić information content (AvgIpc) is 2.82. The van der Waals surface area contributed by atoms with Gasteiger partial charge in [0.25, 0.3) is 0 Å². The van der Waals surface area contributed by atoms with E-state index < -0.39 is 18.2 Å². The maximum absolute atomic E-state index is 13.1. The summed E-state index contributed by atoms with van der Waals surface area (Å²) in [6, 6.07) is 3.06. The first-order valence-electron chi connectivity index (χ1n) is 5.65. The third kappa shape index (κ3) is 2.62. The molecule has 0 unspecified atom stereocenters. The molecule has 0 atom stereocenters. The van der Waals surface area contributed by atoms with Crippen LogP contribution in [-0.2, 0) is 0 Å². The van der Waals surface area contributed by atoms with Gasteiger partial charge >= 0.3 is 6.61 Å². The highest BCUT2D eigenvalue weighted by atomic mass is 19.3. The molecule has 0 aliphatic rings. The highest BCUT2D eigenvalue weighted by Gasteiger charge is 2.12. The standard InChI is InChI=1S/C12H6F4N4O/c13-6-2-8-9(3-7(6)14)19-11(18-8)5-1-10(20-17-4-5)21-12(15)16/h1-4,12H,(H,18,19). The summed E-state index contributed by atoms with van der Waals surface area (Å²) < 4.78 is 54.6. The number of aromatic amines is 1. The number of rotatable bonds is 3. The molecule has 2 heterocycles. The number of ether oxygens (including phenoxy) is 1. The number of benzene rings is 1. The maximum atomic E-state index is 13.1. The number of fused-ring (bicyclic) bond motifs is 1. The number of nitrogens with one attached hydrogen (secondary N) is 1. The lowest BCUT2D eigenvalue weighted by Crippen LogP contribution is -2.04. The summed E-state index contributed by atoms with van der Waals surface area (Å²) >= 11 is 0. The fourth-order valence-electron chi connectivity index (χ4n) is 1.77. The number of H-pyrrole nitrogens is 1. The van der Waals surface area contributed by atoms with Crippen LogP contribution >= 0.6 is 0 Å². The summed E-state index contributed by atoms with van der Waals surface area (Å²) in [7, 11) is 0. The SMILES string of the molecule is Fc1cc2nc(-c3cnnc(OC(F)F)c3)[nH]c2cc1F. The fourth-order valence-corrected chi connectivity index (χ4v) is 1.77. The third-order valence-corrected chi connectivity index (χ3v) is 2.64. The molecule has 2 aromatic heterocycles. The number of alkyl halides is 2. The Morgan fingerprint density at radius 2 is 1.86 bits per heavy atom. The van der Waals surface area contributed by atoms with Gasteiger partial charge in [0, 0.05) is 23.8 Å². The van der Waals surface area contributed by atoms with E-state index in [0.29, 0.717) is 0 Å². The van der Waals surface area contributed by atoms with E-state index in [1.807, 2.05) is 0 Å². The van der Waals surface area contributed by atoms with Gasteiger partial charge < -0.3 is 9.72 Å². The van der Waals surface area contributed by atoms with Crippen LogP contribution in [0.4, 0.5) is 17.6 Å². The number of hydrogen-bond donors (Lipinski definition) is 1. The van der Waals surface area contributed by atoms with Crippen LogP contribution in [0, 0.1) is 11.6 Å². The zero-order valence-electron chi connectivity index (χ0n) is 10.1. The zero-order chi connectivity index (χ0) is 15.0. The Hall–Kier alpha value is -2.71. The van der Waals surface area contributed by atoms with Gasteiger partial charge in [0.15, 0.2) is 11.6 Å². The quantitative estimate of drug-likeness (QED) is 0.755. The first-order valence-corrected chi connectivity index (χ1v) is 5.65. The minimum atomic E-state index is -3.03. The molecule has 0 saturated heterocycles. The van der Waals surface area contributed by atoms with Crippen molar-refractivity contribution in [3.8, 4) is 17.3 Å². The molecule has 0 saturated carbocycles. The molecule has 108 valence electrons. The van der Waals surface area contributed by atoms with E-state index in [1.54, 1.807) is 0 Å². The normalized spacial score (nSPS) is 11.3. The van der Waals surface area contributed by atoms with E-state index in [9.17, 15) is 17.6 Å². The molecule has 0 aliphatic carbocycles. The maximum Gasteiger partial charge on any atom is 0.388 e. The van der Waals surface area contributed by atoms with E-state index in [4.69, 9.17) is 0 Å². The van der Waals surface area contributed by atoms with Gasteiger partial charge in [-0.15, -0.1) is 5.10 Å². The largest absolute Gasteiger partial charge is 0.415 e. The first kappa shape index (κ1) is 13.3. The van der Waals surface area contributed by atoms with Gasteiger partial charge in [0.2, 0.25) is 5.88 Å². The lowest BCUT2D eigenvalue weighted by molar-refractivity contribution is -0.0533. The van der Waals surface area contributed by atoms with Crippen molar-refractivity contribution in [1.29, 1.82) is 0 Å². The van der Waals surface area contributed by atoms with Crippen molar-refractivity contribution in [2.24, 2.45) is 0 Å². The van der Waals surface area contributed by atoms with Gasteiger partial charge in [-0.3, -0.25) is 0 Å². The number of imidazole rings is 1. The number of nitrogens with zero attached hydrogens (tertiary/aromatic N) is 3. The van der Waals surface area contributed by atoms with Gasteiger partial charge in [-0.25, -0.2) is 13.8 Å². The van der Waals surface area contributed by atoms with Crippen LogP contribution in [0.5, 0.6) is 5.88 Å². The topological polar surface area (TPSA) is 63.7 Å². The van der Waals surface area contributed by atoms with E-state index in [2.05, 4.69) is 24.9 Å². The summed E-state index contributed by atoms with van der Waals surface area (Å²) in [6.07, 6.45) is 1.25. The lowest BCUT2D eigenvalue weighted by Gasteiger charge is -2.02. The Bertz CT molecular complexity index is 766. The second-order valence-corrected chi connectivity index (χ2v) is 4.03. The Labute approximate surface area is 114 Å². The van der Waals surface area contributed by atoms with Crippen LogP contribution in [-0.4, -0.2) is 26.8 Å². The summed E-state index contributed by atoms with van der Waals surface area (Å²) in [6.45, 7) is -3.03. The summed E-state index contributed by atoms with van der Waals surface area (Å²) in [5.41, 5.74) is 0.742. The fraction of sp³-hybridized carbons (Fsp3) is 0.0833. The van der Waals surface area contributed by atoms with Crippen molar-refractivity contribution in [2.75, 3.05) is 0 Å². The van der Waals surface area contributed by atoms with Gasteiger partial charge in [-0.1, -0.05) is 0 Å². The number of hydrogen-bond acceptors (Lipinski definition) is 4. The Kier molecular flexibility index (Phi) is 3.16. The monoisotopic (exact) mass is 298 g/mol. The van der Waals surface area contributed by atoms with Crippen molar-refractivity contribution in [3.63, 3.8) is 0 Å². The smallest absolute Gasteiger partial charge is 0.388 e. The molecule has 0 bridgehead atoms. The molecule has 3 aromatic rings. The molecular formula is C12H6F4N4O. The van der Waals surface area contributed by atoms with Crippen LogP contribution in [0.25, 0.3) is 22.4 Å². The van der Waals surface area contributed by atoms with Crippen LogP contribution in [0.15, 0.2) is 24.4 Å². The molecule has 1 N–H and O–H groups in total. The highest BCUT2D eigenvalue weighted by molar-refractivity contribution is 5.79. The van der Waals surface area contributed by atoms with Gasteiger partial charge in [-0.05, 0) is 0 Å². The van der Waals surface area contributed by atoms with Crippen LogP contribution in [0.1, 0.15) is 0 Å². The van der Waals surface area contributed by atoms with E-state index in [-0.39, 0.29) is 28.3 Å². The molecule has 0 radical (unpaired) electrons. The molecule has 3 rings (SSSR count). The van der Waals surface area contributed by atoms with Crippen molar-refractivity contribution < 1.29 is 22.3 Å². The van der Waals surface area contributed by atoms with Crippen molar-refractivity contribution in [2.45, 2.75) is 6.61 Å². The van der Waals surface area contributed by atoms with Crippen LogP contribution in [0.2, 0.25) is 0 Å². The Morgan fingerprint density at radius 3 is 2.62 bits per heavy atom. The second-order valence-electron chi connectivity index (χ2n) is 4.03. The molecule has 0 fully saturated rings. The van der Waals surface area contributed by atoms with Crippen molar-refractivity contribution in [1.82, 2.24) is 20.2 Å². The van der Waals surface area contributed by atoms with E-state index in [0.717, 1.165) is 12.1 Å². The predicted molar refractivity (Wildman–Crippen MR) is 63.7 cm³/mol. The minimum absolute atomic E-state index is 0.192. The third-order valence-electron chi connectivity index (χ3n) is 2.64. The molecule has 21 heavy (non-hydrogen) atoms. The number of halogens is 4. The van der Waals surface area contributed by atoms with Gasteiger partial charge in [0.05, 0.1) is 17.2 Å². The lowest BCUT2D eigenvalue weighted by atomic mass is 10.3. The average molecular weight is 298 g/mol. The van der Waals surface area contributed by atoms with Crippen molar-refractivity contribution in [3.05, 3.63) is 36.0 Å². The molecule has 1 aromatic carbocycles. The van der Waals surface area contributed by atoms with Crippen LogP contribution in [0.3, 0.4) is 0 Å². The molecule has 0 aliphatic heterocycles. The van der Waals surface area contributed by atoms with E-state index in [1.165, 1.54) is 12.3 Å². The molecular weight excluding hydrogens is 292 g/mol. The molecule has 0 amide bonds. The summed E-state index contributed by atoms with van der Waals surface area (Å²) in [4.78, 5) is 6.76. The molecule has 9 heteroatoms. The summed E-state index contributed by atoms with van der Waals surface area (Å²) in [5.74, 6) is -2.24. The first-order chi connectivity index (χ1) is 10.0. The Balaban J connectivity index is 2.04.